The van der Waals surface area contributed by atoms with Crippen LogP contribution < -0.4 is 0 Å². The second-order valence-electron chi connectivity index (χ2n) is 6.57. The van der Waals surface area contributed by atoms with E-state index in [0.29, 0.717) is 0 Å². The van der Waals surface area contributed by atoms with Crippen molar-refractivity contribution in [2.75, 3.05) is 0 Å². The molecular weight excluding hydrogens is 334 g/mol. The Morgan fingerprint density at radius 1 is 0.692 bits per heavy atom. The van der Waals surface area contributed by atoms with Gasteiger partial charge in [0.05, 0.1) is 21.5 Å². The molecule has 0 radical (unpaired) electrons. The van der Waals surface area contributed by atoms with E-state index >= 15 is 0 Å². The normalized spacial score (nSPS) is 11.0. The first kappa shape index (κ1) is 16.7. The van der Waals surface area contributed by atoms with Crippen LogP contribution in [0.3, 0.4) is 0 Å². The average Bonchev–Trinajstić information content (AvgIpc) is 3.05. The van der Waals surface area contributed by atoms with Crippen molar-refractivity contribution in [1.82, 2.24) is 4.98 Å². The van der Waals surface area contributed by atoms with Crippen molar-refractivity contribution in [2.24, 2.45) is 0 Å². The van der Waals surface area contributed by atoms with Gasteiger partial charge in [0.15, 0.2) is 0 Å². The number of rotatable bonds is 4. The van der Waals surface area contributed by atoms with Crippen LogP contribution in [0.2, 0.25) is 0 Å². The predicted octanol–water partition coefficient (Wildman–Crippen LogP) is 6.61. The Bertz CT molecular complexity index is 946. The van der Waals surface area contributed by atoms with Crippen LogP contribution in [0, 0.1) is 13.8 Å². The van der Waals surface area contributed by atoms with E-state index in [0.717, 1.165) is 10.7 Å². The molecule has 0 aliphatic carbocycles. The maximum atomic E-state index is 4.98. The van der Waals surface area contributed by atoms with E-state index in [-0.39, 0.29) is 5.92 Å². The van der Waals surface area contributed by atoms with Gasteiger partial charge in [0.1, 0.15) is 0 Å². The van der Waals surface area contributed by atoms with Crippen LogP contribution in [0.25, 0.3) is 10.4 Å². The summed E-state index contributed by atoms with van der Waals surface area (Å²) in [6.45, 7) is 4.22. The number of hydrogen-bond donors (Lipinski definition) is 0. The van der Waals surface area contributed by atoms with Gasteiger partial charge in [-0.2, -0.15) is 0 Å². The van der Waals surface area contributed by atoms with Gasteiger partial charge < -0.3 is 0 Å². The first-order valence-corrected chi connectivity index (χ1v) is 9.68. The van der Waals surface area contributed by atoms with Gasteiger partial charge in [-0.05, 0) is 30.5 Å². The van der Waals surface area contributed by atoms with Crippen molar-refractivity contribution in [3.05, 3.63) is 112 Å². The molecule has 0 aliphatic rings. The summed E-state index contributed by atoms with van der Waals surface area (Å²) in [6.07, 6.45) is 0. The Kier molecular flexibility index (Phi) is 4.68. The first-order chi connectivity index (χ1) is 12.7. The molecule has 4 aromatic rings. The summed E-state index contributed by atoms with van der Waals surface area (Å²) in [5.74, 6) is 0.138. The highest BCUT2D eigenvalue weighted by Gasteiger charge is 2.24. The van der Waals surface area contributed by atoms with Gasteiger partial charge in [-0.3, -0.25) is 0 Å². The molecule has 0 N–H and O–H groups in total. The molecule has 2 heteroatoms. The lowest BCUT2D eigenvalue weighted by atomic mass is 9.87. The van der Waals surface area contributed by atoms with E-state index in [2.05, 4.69) is 98.8 Å². The molecule has 0 saturated heterocycles. The molecule has 0 atom stereocenters. The van der Waals surface area contributed by atoms with Crippen LogP contribution in [-0.4, -0.2) is 4.98 Å². The van der Waals surface area contributed by atoms with Crippen LogP contribution >= 0.6 is 11.3 Å². The van der Waals surface area contributed by atoms with Crippen molar-refractivity contribution in [3.63, 3.8) is 0 Å². The molecule has 0 fully saturated rings. The van der Waals surface area contributed by atoms with Crippen molar-refractivity contribution >= 4 is 11.3 Å². The molecule has 0 unspecified atom stereocenters. The van der Waals surface area contributed by atoms with E-state index in [1.54, 1.807) is 11.3 Å². The first-order valence-electron chi connectivity index (χ1n) is 8.86. The Morgan fingerprint density at radius 2 is 1.23 bits per heavy atom. The summed E-state index contributed by atoms with van der Waals surface area (Å²) < 4.78 is 0. The molecular formula is C24H21NS. The van der Waals surface area contributed by atoms with Gasteiger partial charge in [0.2, 0.25) is 0 Å². The number of thiazole rings is 1. The fraction of sp³-hybridized carbons (Fsp3) is 0.125. The van der Waals surface area contributed by atoms with Crippen molar-refractivity contribution in [1.29, 1.82) is 0 Å². The Hall–Kier alpha value is -2.71. The largest absolute Gasteiger partial charge is 0.245 e. The molecule has 1 heterocycles. The zero-order chi connectivity index (χ0) is 17.9. The Labute approximate surface area is 159 Å². The SMILES string of the molecule is Cc1ccc(-c2sc(C)nc2C(c2ccccc2)c2ccccc2)cc1. The van der Waals surface area contributed by atoms with Gasteiger partial charge in [0.25, 0.3) is 0 Å². The minimum atomic E-state index is 0.138. The van der Waals surface area contributed by atoms with Crippen molar-refractivity contribution in [2.45, 2.75) is 19.8 Å². The number of benzene rings is 3. The third-order valence-corrected chi connectivity index (χ3v) is 5.65. The van der Waals surface area contributed by atoms with Gasteiger partial charge in [-0.25, -0.2) is 4.98 Å². The molecule has 1 aromatic heterocycles. The summed E-state index contributed by atoms with van der Waals surface area (Å²) in [5.41, 5.74) is 6.22. The third-order valence-electron chi connectivity index (χ3n) is 4.61. The van der Waals surface area contributed by atoms with Gasteiger partial charge in [0, 0.05) is 0 Å². The smallest absolute Gasteiger partial charge is 0.0904 e. The summed E-state index contributed by atoms with van der Waals surface area (Å²) in [7, 11) is 0. The quantitative estimate of drug-likeness (QED) is 0.401. The van der Waals surface area contributed by atoms with Crippen LogP contribution in [0.15, 0.2) is 84.9 Å². The number of hydrogen-bond acceptors (Lipinski definition) is 2. The zero-order valence-electron chi connectivity index (χ0n) is 15.0. The Balaban J connectivity index is 1.91. The standard InChI is InChI=1S/C24H21NS/c1-17-13-15-21(16-14-17)24-23(25-18(2)26-24)22(19-9-5-3-6-10-19)20-11-7-4-8-12-20/h3-16,22H,1-2H3. The average molecular weight is 356 g/mol. The van der Waals surface area contributed by atoms with E-state index < -0.39 is 0 Å². The Morgan fingerprint density at radius 3 is 1.77 bits per heavy atom. The van der Waals surface area contributed by atoms with E-state index in [9.17, 15) is 0 Å². The minimum absolute atomic E-state index is 0.138. The second-order valence-corrected chi connectivity index (χ2v) is 7.77. The van der Waals surface area contributed by atoms with Crippen LogP contribution in [0.4, 0.5) is 0 Å². The second kappa shape index (κ2) is 7.27. The van der Waals surface area contributed by atoms with Crippen molar-refractivity contribution in [3.8, 4) is 10.4 Å². The minimum Gasteiger partial charge on any atom is -0.245 e. The lowest BCUT2D eigenvalue weighted by Gasteiger charge is -2.18. The number of aromatic nitrogens is 1. The highest BCUT2D eigenvalue weighted by Crippen LogP contribution is 2.40. The molecule has 0 aliphatic heterocycles. The van der Waals surface area contributed by atoms with Gasteiger partial charge in [-0.1, -0.05) is 90.5 Å². The summed E-state index contributed by atoms with van der Waals surface area (Å²) in [4.78, 5) is 6.25. The molecule has 0 amide bonds. The van der Waals surface area contributed by atoms with Crippen LogP contribution in [0.1, 0.15) is 33.3 Å². The van der Waals surface area contributed by atoms with Gasteiger partial charge in [-0.15, -0.1) is 11.3 Å². The molecule has 128 valence electrons. The lowest BCUT2D eigenvalue weighted by molar-refractivity contribution is 0.928. The third kappa shape index (κ3) is 3.33. The molecule has 0 bridgehead atoms. The molecule has 0 spiro atoms. The summed E-state index contributed by atoms with van der Waals surface area (Å²) >= 11 is 1.78. The monoisotopic (exact) mass is 355 g/mol. The van der Waals surface area contributed by atoms with Gasteiger partial charge >= 0.3 is 0 Å². The summed E-state index contributed by atoms with van der Waals surface area (Å²) in [5, 5.41) is 1.10. The predicted molar refractivity (Wildman–Crippen MR) is 111 cm³/mol. The fourth-order valence-corrected chi connectivity index (χ4v) is 4.31. The van der Waals surface area contributed by atoms with Crippen LogP contribution in [0.5, 0.6) is 0 Å². The lowest BCUT2D eigenvalue weighted by Crippen LogP contribution is -2.05. The number of nitrogens with zero attached hydrogens (tertiary/aromatic N) is 1. The maximum Gasteiger partial charge on any atom is 0.0904 e. The maximum absolute atomic E-state index is 4.98. The highest BCUT2D eigenvalue weighted by molar-refractivity contribution is 7.15. The van der Waals surface area contributed by atoms with Crippen LogP contribution in [-0.2, 0) is 0 Å². The topological polar surface area (TPSA) is 12.9 Å². The zero-order valence-corrected chi connectivity index (χ0v) is 15.8. The molecule has 26 heavy (non-hydrogen) atoms. The van der Waals surface area contributed by atoms with Crippen molar-refractivity contribution < 1.29 is 0 Å². The fourth-order valence-electron chi connectivity index (χ4n) is 3.35. The number of aryl methyl sites for hydroxylation is 2. The molecule has 0 saturated carbocycles. The molecule has 1 nitrogen and oxygen atoms in total. The van der Waals surface area contributed by atoms with E-state index in [1.807, 2.05) is 0 Å². The highest BCUT2D eigenvalue weighted by atomic mass is 32.1. The van der Waals surface area contributed by atoms with E-state index in [4.69, 9.17) is 4.98 Å². The summed E-state index contributed by atoms with van der Waals surface area (Å²) in [6, 6.07) is 30.1. The molecule has 4 rings (SSSR count). The molecule has 3 aromatic carbocycles. The van der Waals surface area contributed by atoms with E-state index in [1.165, 1.54) is 27.1 Å².